The number of nitrogens with two attached hydrogens (primary N) is 1. The van der Waals surface area contributed by atoms with Crippen molar-refractivity contribution < 1.29 is 14.4 Å². The molecule has 4 saturated carbocycles. The summed E-state index contributed by atoms with van der Waals surface area (Å²) in [6, 6.07) is 13.5. The third kappa shape index (κ3) is 3.52. The van der Waals surface area contributed by atoms with Gasteiger partial charge in [-0.2, -0.15) is 0 Å². The van der Waals surface area contributed by atoms with E-state index >= 15 is 0 Å². The van der Waals surface area contributed by atoms with E-state index < -0.39 is 5.91 Å². The van der Waals surface area contributed by atoms with Crippen molar-refractivity contribution in [2.75, 3.05) is 6.54 Å². The first-order chi connectivity index (χ1) is 16.4. The predicted octanol–water partition coefficient (Wildman–Crippen LogP) is 4.22. The molecule has 4 fully saturated rings. The summed E-state index contributed by atoms with van der Waals surface area (Å²) >= 11 is 0. The first kappa shape index (κ1) is 21.1. The molecule has 4 aliphatic carbocycles. The third-order valence-electron chi connectivity index (χ3n) is 8.37. The average molecular weight is 456 g/mol. The summed E-state index contributed by atoms with van der Waals surface area (Å²) in [6.07, 6.45) is 9.69. The van der Waals surface area contributed by atoms with Gasteiger partial charge in [0.1, 0.15) is 0 Å². The van der Waals surface area contributed by atoms with Gasteiger partial charge >= 0.3 is 0 Å². The molecule has 6 heteroatoms. The van der Waals surface area contributed by atoms with E-state index in [0.717, 1.165) is 24.3 Å². The van der Waals surface area contributed by atoms with E-state index in [9.17, 15) is 14.4 Å². The largest absolute Gasteiger partial charge is 0.366 e. The van der Waals surface area contributed by atoms with Gasteiger partial charge in [-0.3, -0.25) is 14.4 Å². The minimum atomic E-state index is -0.576. The SMILES string of the molecule is NC(=O)c1cccc(C(=O)c2ccc3c(C(=O)NCC45CC6CC(CC(C6)C4)C5)cccn23)c1. The molecule has 6 nitrogen and oxygen atoms in total. The molecule has 0 saturated heterocycles. The summed E-state index contributed by atoms with van der Waals surface area (Å²) in [5, 5.41) is 3.25. The lowest BCUT2D eigenvalue weighted by Gasteiger charge is -2.56. The maximum absolute atomic E-state index is 13.3. The zero-order chi connectivity index (χ0) is 23.4. The van der Waals surface area contributed by atoms with Crippen molar-refractivity contribution in [2.24, 2.45) is 28.9 Å². The molecule has 0 unspecified atom stereocenters. The van der Waals surface area contributed by atoms with Crippen LogP contribution < -0.4 is 11.1 Å². The van der Waals surface area contributed by atoms with Crippen LogP contribution in [0.25, 0.3) is 5.52 Å². The molecule has 0 aliphatic heterocycles. The van der Waals surface area contributed by atoms with E-state index in [1.807, 2.05) is 12.1 Å². The molecule has 2 heterocycles. The average Bonchev–Trinajstić information content (AvgIpc) is 3.25. The molecule has 2 amide bonds. The molecule has 174 valence electrons. The number of carbonyl (C=O) groups excluding carboxylic acids is 3. The number of pyridine rings is 1. The number of amides is 2. The van der Waals surface area contributed by atoms with E-state index in [1.54, 1.807) is 40.9 Å². The molecule has 0 radical (unpaired) electrons. The first-order valence-corrected chi connectivity index (χ1v) is 12.2. The fourth-order valence-corrected chi connectivity index (χ4v) is 7.35. The Morgan fingerprint density at radius 1 is 0.912 bits per heavy atom. The number of hydrogen-bond acceptors (Lipinski definition) is 3. The summed E-state index contributed by atoms with van der Waals surface area (Å²) in [4.78, 5) is 38.0. The molecule has 0 spiro atoms. The van der Waals surface area contributed by atoms with Gasteiger partial charge in [-0.1, -0.05) is 12.1 Å². The van der Waals surface area contributed by atoms with Crippen LogP contribution in [-0.2, 0) is 0 Å². The van der Waals surface area contributed by atoms with Crippen LogP contribution in [0.3, 0.4) is 0 Å². The number of benzene rings is 1. The van der Waals surface area contributed by atoms with Crippen molar-refractivity contribution in [1.29, 1.82) is 0 Å². The Hall–Kier alpha value is -3.41. The number of ketones is 1. The van der Waals surface area contributed by atoms with Gasteiger partial charge < -0.3 is 15.5 Å². The van der Waals surface area contributed by atoms with Gasteiger partial charge in [-0.25, -0.2) is 0 Å². The highest BCUT2D eigenvalue weighted by molar-refractivity contribution is 6.10. The van der Waals surface area contributed by atoms with Gasteiger partial charge in [0, 0.05) is 23.9 Å². The van der Waals surface area contributed by atoms with Crippen LogP contribution in [0, 0.1) is 23.2 Å². The Morgan fingerprint density at radius 3 is 2.26 bits per heavy atom. The summed E-state index contributed by atoms with van der Waals surface area (Å²) in [5.41, 5.74) is 8.01. The smallest absolute Gasteiger partial charge is 0.253 e. The van der Waals surface area contributed by atoms with Gasteiger partial charge in [-0.15, -0.1) is 0 Å². The second kappa shape index (κ2) is 7.83. The van der Waals surface area contributed by atoms with Crippen LogP contribution in [-0.4, -0.2) is 28.5 Å². The summed E-state index contributed by atoms with van der Waals surface area (Å²) in [5.74, 6) is 1.65. The molecule has 34 heavy (non-hydrogen) atoms. The minimum Gasteiger partial charge on any atom is -0.366 e. The summed E-state index contributed by atoms with van der Waals surface area (Å²) in [6.45, 7) is 0.739. The fourth-order valence-electron chi connectivity index (χ4n) is 7.35. The van der Waals surface area contributed by atoms with Gasteiger partial charge in [0.05, 0.1) is 16.8 Å². The van der Waals surface area contributed by atoms with Crippen molar-refractivity contribution in [3.8, 4) is 0 Å². The number of hydrogen-bond donors (Lipinski definition) is 2. The van der Waals surface area contributed by atoms with Gasteiger partial charge in [0.2, 0.25) is 11.7 Å². The highest BCUT2D eigenvalue weighted by Gasteiger charge is 2.50. The number of rotatable bonds is 6. The lowest BCUT2D eigenvalue weighted by Crippen LogP contribution is -2.51. The Morgan fingerprint density at radius 2 is 1.59 bits per heavy atom. The van der Waals surface area contributed by atoms with Crippen LogP contribution in [0.4, 0.5) is 0 Å². The lowest BCUT2D eigenvalue weighted by molar-refractivity contribution is -0.0503. The highest BCUT2D eigenvalue weighted by Crippen LogP contribution is 2.59. The number of primary amides is 1. The second-order valence-electron chi connectivity index (χ2n) is 10.8. The van der Waals surface area contributed by atoms with E-state index in [0.29, 0.717) is 22.3 Å². The number of carbonyl (C=O) groups is 3. The van der Waals surface area contributed by atoms with Crippen molar-refractivity contribution in [1.82, 2.24) is 9.72 Å². The Labute approximate surface area is 198 Å². The fraction of sp³-hybridized carbons (Fsp3) is 0.393. The standard InChI is InChI=1S/C28H29N3O3/c29-26(33)21-4-1-3-20(12-21)25(32)24-7-6-23-22(5-2-8-31(23)24)27(34)30-16-28-13-17-9-18(14-28)11-19(10-17)15-28/h1-8,12,17-19H,9-11,13-16H2,(H2,29,33)(H,30,34). The minimum absolute atomic E-state index is 0.0887. The molecular weight excluding hydrogens is 426 g/mol. The molecule has 4 aliphatic rings. The van der Waals surface area contributed by atoms with Crippen LogP contribution >= 0.6 is 0 Å². The molecule has 4 bridgehead atoms. The number of nitrogens with one attached hydrogen (secondary N) is 1. The maximum atomic E-state index is 13.3. The van der Waals surface area contributed by atoms with Gasteiger partial charge in [-0.05, 0) is 98.1 Å². The molecule has 7 rings (SSSR count). The maximum Gasteiger partial charge on any atom is 0.253 e. The normalized spacial score (nSPS) is 27.1. The Balaban J connectivity index is 1.24. The Kier molecular flexibility index (Phi) is 4.87. The molecule has 3 aromatic rings. The third-order valence-corrected chi connectivity index (χ3v) is 8.37. The molecule has 3 N–H and O–H groups in total. The van der Waals surface area contributed by atoms with E-state index in [-0.39, 0.29) is 22.7 Å². The van der Waals surface area contributed by atoms with Crippen molar-refractivity contribution >= 4 is 23.1 Å². The molecular formula is C28H29N3O3. The van der Waals surface area contributed by atoms with Gasteiger partial charge in [0.25, 0.3) is 5.91 Å². The highest BCUT2D eigenvalue weighted by atomic mass is 16.2. The van der Waals surface area contributed by atoms with Crippen molar-refractivity contribution in [3.05, 3.63) is 77.1 Å². The topological polar surface area (TPSA) is 93.7 Å². The van der Waals surface area contributed by atoms with Gasteiger partial charge in [0.15, 0.2) is 0 Å². The van der Waals surface area contributed by atoms with E-state index in [4.69, 9.17) is 5.73 Å². The van der Waals surface area contributed by atoms with Crippen LogP contribution in [0.5, 0.6) is 0 Å². The second-order valence-corrected chi connectivity index (χ2v) is 10.8. The quantitative estimate of drug-likeness (QED) is 0.545. The van der Waals surface area contributed by atoms with Crippen LogP contribution in [0.1, 0.15) is 75.3 Å². The number of nitrogens with zero attached hydrogens (tertiary/aromatic N) is 1. The number of aromatic nitrogens is 1. The zero-order valence-corrected chi connectivity index (χ0v) is 19.1. The van der Waals surface area contributed by atoms with E-state index in [1.165, 1.54) is 44.6 Å². The van der Waals surface area contributed by atoms with Crippen LogP contribution in [0.15, 0.2) is 54.7 Å². The molecule has 2 aromatic heterocycles. The van der Waals surface area contributed by atoms with E-state index in [2.05, 4.69) is 5.32 Å². The zero-order valence-electron chi connectivity index (χ0n) is 19.1. The first-order valence-electron chi connectivity index (χ1n) is 12.2. The van der Waals surface area contributed by atoms with Crippen molar-refractivity contribution in [2.45, 2.75) is 38.5 Å². The monoisotopic (exact) mass is 455 g/mol. The summed E-state index contributed by atoms with van der Waals surface area (Å²) in [7, 11) is 0. The molecule has 1 aromatic carbocycles. The number of fused-ring (bicyclic) bond motifs is 1. The molecule has 0 atom stereocenters. The Bertz CT molecular complexity index is 1290. The lowest BCUT2D eigenvalue weighted by atomic mass is 9.49. The summed E-state index contributed by atoms with van der Waals surface area (Å²) < 4.78 is 1.75. The van der Waals surface area contributed by atoms with Crippen LogP contribution in [0.2, 0.25) is 0 Å². The van der Waals surface area contributed by atoms with Crippen molar-refractivity contribution in [3.63, 3.8) is 0 Å². The predicted molar refractivity (Wildman–Crippen MR) is 129 cm³/mol.